The third-order valence-corrected chi connectivity index (χ3v) is 23.1. The Bertz CT molecular complexity index is 4820. The highest BCUT2D eigenvalue weighted by Crippen LogP contribution is 2.54. The van der Waals surface area contributed by atoms with Crippen LogP contribution in [0.2, 0.25) is 0 Å². The van der Waals surface area contributed by atoms with Crippen molar-refractivity contribution < 1.29 is 103 Å². The molecule has 588 valence electrons. The lowest BCUT2D eigenvalue weighted by Crippen LogP contribution is -2.42. The van der Waals surface area contributed by atoms with E-state index in [1.807, 2.05) is 0 Å². The Hall–Kier alpha value is -5.26. The lowest BCUT2D eigenvalue weighted by Gasteiger charge is -2.30. The van der Waals surface area contributed by atoms with Crippen molar-refractivity contribution >= 4 is 69.2 Å². The largest absolute Gasteiger partial charge is 0.472 e. The number of nitrogen functional groups attached to an aromatic ring is 1. The van der Waals surface area contributed by atoms with Gasteiger partial charge in [0.1, 0.15) is 61.0 Å². The second-order valence-corrected chi connectivity index (χ2v) is 35.4. The number of nitrogens with zero attached hydrogens (tertiary/aromatic N) is 6. The summed E-state index contributed by atoms with van der Waals surface area (Å²) in [5.41, 5.74) is -0.211. The number of nitrogens with one attached hydrogen (secondary N) is 4. The van der Waals surface area contributed by atoms with Crippen LogP contribution in [0, 0.1) is 34.6 Å². The van der Waals surface area contributed by atoms with E-state index >= 15 is 0 Å². The van der Waals surface area contributed by atoms with E-state index in [-0.39, 0.29) is 47.5 Å². The second-order valence-electron chi connectivity index (χ2n) is 25.7. The van der Waals surface area contributed by atoms with Crippen molar-refractivity contribution in [1.29, 1.82) is 0 Å². The lowest BCUT2D eigenvalue weighted by atomic mass is 10.1. The van der Waals surface area contributed by atoms with Gasteiger partial charge in [-0.2, -0.15) is 4.98 Å². The zero-order valence-electron chi connectivity index (χ0n) is 58.0. The summed E-state index contributed by atoms with van der Waals surface area (Å²) in [5.74, 6) is -0.0585. The number of nitrogens with two attached hydrogens (primary N) is 1. The molecule has 0 aromatic carbocycles. The number of ether oxygens (including phenoxy) is 8. The molecular formula is C57H81N11O31P4S3. The van der Waals surface area contributed by atoms with Gasteiger partial charge in [0.15, 0.2) is 18.7 Å². The SMILES string of the molecule is CC[C@H]1O[C@@H](n2cc(C)c(=O)[nH]c2=O)CC1OP(O)(=S)OC[C@H]1O[C@@H](n2cc(C)c(N)nc2=O)CC1OP(O)(=S)OC[C@H](C)O[C@H]1C(OP(=O)(O)OC[C@H](C)O[C@H]2C(OP(O)(=S)OC[C@H](C)O[C@H]3C(O)CO[C@H]3n3cc(C)c(=O)[nH]c3=O)CO[C@H]2n2cc(C)c(=O)[nH]c2=O)CO[C@H]1n1cc(C)c(=O)[nH]c1=O. The quantitative estimate of drug-likeness (QED) is 0.0235. The molecule has 22 atom stereocenters. The Kier molecular flexibility index (Phi) is 26.8. The summed E-state index contributed by atoms with van der Waals surface area (Å²) >= 11 is 16.3. The molecule has 5 aromatic rings. The number of aliphatic hydroxyl groups is 1. The van der Waals surface area contributed by atoms with Crippen molar-refractivity contribution in [2.75, 3.05) is 52.0 Å². The van der Waals surface area contributed by atoms with E-state index in [9.17, 15) is 72.4 Å². The Morgan fingerprint density at radius 2 is 0.868 bits per heavy atom. The first kappa shape index (κ1) is 83.2. The van der Waals surface area contributed by atoms with Gasteiger partial charge < -0.3 is 95.5 Å². The lowest BCUT2D eigenvalue weighted by molar-refractivity contribution is -0.113. The van der Waals surface area contributed by atoms with Gasteiger partial charge in [0.05, 0.1) is 82.9 Å². The smallest absolute Gasteiger partial charge is 0.388 e. The van der Waals surface area contributed by atoms with E-state index < -0.39 is 229 Å². The summed E-state index contributed by atoms with van der Waals surface area (Å²) in [7, 11) is -5.31. The molecule has 5 aromatic heterocycles. The number of aromatic nitrogens is 10. The van der Waals surface area contributed by atoms with Gasteiger partial charge in [-0.05, 0) is 97.2 Å². The fourth-order valence-corrected chi connectivity index (χ4v) is 17.4. The number of rotatable bonds is 32. The van der Waals surface area contributed by atoms with Gasteiger partial charge >= 0.3 is 56.4 Å². The van der Waals surface area contributed by atoms with E-state index in [0.29, 0.717) is 12.0 Å². The van der Waals surface area contributed by atoms with Crippen LogP contribution in [-0.4, -0.2) is 198 Å². The number of hydrogen-bond acceptors (Lipinski definition) is 32. The zero-order valence-corrected chi connectivity index (χ0v) is 64.0. The van der Waals surface area contributed by atoms with Crippen LogP contribution in [0.1, 0.15) is 106 Å². The summed E-state index contributed by atoms with van der Waals surface area (Å²) in [6.45, 7) is -3.46. The first-order valence-electron chi connectivity index (χ1n) is 32.7. The maximum atomic E-state index is 14.1. The fourth-order valence-electron chi connectivity index (χ4n) is 12.0. The molecule has 5 aliphatic heterocycles. The van der Waals surface area contributed by atoms with E-state index in [1.54, 1.807) is 13.8 Å². The first-order chi connectivity index (χ1) is 49.7. The summed E-state index contributed by atoms with van der Waals surface area (Å²) in [6.07, 6.45) is -16.0. The maximum absolute atomic E-state index is 14.1. The van der Waals surface area contributed by atoms with Crippen molar-refractivity contribution in [3.8, 4) is 0 Å². The van der Waals surface area contributed by atoms with Crippen LogP contribution in [0.25, 0.3) is 0 Å². The van der Waals surface area contributed by atoms with Gasteiger partial charge in [0.2, 0.25) is 0 Å². The molecule has 9 unspecified atom stereocenters. The third kappa shape index (κ3) is 20.3. The number of anilines is 1. The van der Waals surface area contributed by atoms with Crippen molar-refractivity contribution in [2.45, 2.75) is 192 Å². The van der Waals surface area contributed by atoms with Crippen LogP contribution in [0.3, 0.4) is 0 Å². The minimum absolute atomic E-state index is 0.000361. The number of H-pyrrole nitrogens is 4. The molecule has 5 saturated heterocycles. The highest BCUT2D eigenvalue weighted by molar-refractivity contribution is 8.07. The fraction of sp³-hybridized carbons (Fsp3) is 0.649. The topological polar surface area (TPSA) is 546 Å². The van der Waals surface area contributed by atoms with Crippen molar-refractivity contribution in [1.82, 2.24) is 47.8 Å². The maximum Gasteiger partial charge on any atom is 0.472 e. The molecule has 49 heteroatoms. The highest BCUT2D eigenvalue weighted by Gasteiger charge is 2.50. The van der Waals surface area contributed by atoms with Crippen LogP contribution in [0.15, 0.2) is 74.1 Å². The van der Waals surface area contributed by atoms with Gasteiger partial charge in [0, 0.05) is 71.6 Å². The molecule has 106 heavy (non-hydrogen) atoms. The van der Waals surface area contributed by atoms with E-state index in [1.165, 1.54) is 77.8 Å². The van der Waals surface area contributed by atoms with Crippen molar-refractivity contribution in [3.63, 3.8) is 0 Å². The first-order valence-corrected chi connectivity index (χ1v) is 42.0. The minimum Gasteiger partial charge on any atom is -0.388 e. The predicted octanol–water partition coefficient (Wildman–Crippen LogP) is -0.820. The Balaban J connectivity index is 0.793. The van der Waals surface area contributed by atoms with Crippen LogP contribution in [0.4, 0.5) is 5.82 Å². The Morgan fingerprint density at radius 3 is 1.34 bits per heavy atom. The predicted molar refractivity (Wildman–Crippen MR) is 376 cm³/mol. The zero-order chi connectivity index (χ0) is 77.4. The van der Waals surface area contributed by atoms with Gasteiger partial charge in [-0.15, -0.1) is 0 Å². The highest BCUT2D eigenvalue weighted by atomic mass is 32.5. The molecule has 10 heterocycles. The van der Waals surface area contributed by atoms with E-state index in [2.05, 4.69) is 24.9 Å². The van der Waals surface area contributed by atoms with Crippen molar-refractivity contribution in [2.24, 2.45) is 0 Å². The van der Waals surface area contributed by atoms with Gasteiger partial charge in [0.25, 0.3) is 22.2 Å². The monoisotopic (exact) mass is 1640 g/mol. The molecule has 0 saturated carbocycles. The van der Waals surface area contributed by atoms with E-state index in [4.69, 9.17) is 115 Å². The molecule has 0 radical (unpaired) electrons. The summed E-state index contributed by atoms with van der Waals surface area (Å²) in [5, 5.41) is 10.8. The third-order valence-electron chi connectivity index (χ3n) is 17.3. The normalized spacial score (nSPS) is 29.3. The summed E-state index contributed by atoms with van der Waals surface area (Å²) in [6, 6.07) is 0. The molecule has 5 fully saturated rings. The summed E-state index contributed by atoms with van der Waals surface area (Å²) < 4.78 is 114. The van der Waals surface area contributed by atoms with Crippen LogP contribution in [0.5, 0.6) is 0 Å². The molecule has 10 rings (SSSR count). The van der Waals surface area contributed by atoms with Crippen LogP contribution in [-0.2, 0) is 114 Å². The number of aliphatic hydroxyl groups excluding tert-OH is 1. The number of aromatic amines is 4. The molecule has 0 aliphatic carbocycles. The summed E-state index contributed by atoms with van der Waals surface area (Å²) in [4.78, 5) is 173. The standard InChI is InChI=1S/C57H81N11O31P4S3/c1-10-34-35(11-40(94-34)65-14-26(3)46(70)60-54(65)75)97-103(83,106)90-24-37-36(12-41(95-37)64-13-25(2)45(58)59-53(64)74)98-101(81,104)88-20-32(9)93-43-38(22-85-51(43)67-16-28(5)48(72)62-56(67)77)96-100(79,80)87-18-30(7)92-44-39(23-86-52(44)68-17-29(6)49(73)63-57(68)78)99-102(82,105)89-19-31(8)91-42-33(69)21-84-50(42)66-15-27(4)47(71)61-55(66)76/h13-17,30-44,50-52,69H,10-12,18-24H2,1-9H3,(H,79,80)(H,81,104)(H,82,105)(H,83,106)(H2,58,59,74)(H,60,70,75)(H,61,71,76)(H,62,72,77)(H,63,73,78)/t30-,31-,32-,33?,34+,35?,36?,37+,38?,39?,40+,41+,42-,43-,44-,50+,51+,52+,101?,102?,103?/m0/s1. The molecule has 0 spiro atoms. The average molecular weight is 1640 g/mol. The average Bonchev–Trinajstić information content (AvgIpc) is 1.60. The Labute approximate surface area is 614 Å². The van der Waals surface area contributed by atoms with Crippen molar-refractivity contribution in [3.05, 3.63) is 153 Å². The molecule has 5 aliphatic rings. The molecule has 0 amide bonds. The molecule has 11 N–H and O–H groups in total. The van der Waals surface area contributed by atoms with Gasteiger partial charge in [-0.1, -0.05) is 6.92 Å². The minimum atomic E-state index is -5.31. The van der Waals surface area contributed by atoms with Gasteiger partial charge in [-0.25, -0.2) is 28.5 Å². The second kappa shape index (κ2) is 34.2. The number of phosphoric acid groups is 1. The molecule has 42 nitrogen and oxygen atoms in total. The van der Waals surface area contributed by atoms with E-state index in [0.717, 1.165) is 24.5 Å². The number of aryl methyl sites for hydroxylation is 5. The van der Waals surface area contributed by atoms with Gasteiger partial charge in [-0.3, -0.25) is 71.0 Å². The number of hydrogen-bond donors (Lipinski definition) is 10. The Morgan fingerprint density at radius 1 is 0.509 bits per heavy atom. The van der Waals surface area contributed by atoms with Crippen LogP contribution >= 0.6 is 28.0 Å². The number of phosphoric ester groups is 1. The molecular weight excluding hydrogens is 1550 g/mol. The molecule has 0 bridgehead atoms. The van der Waals surface area contributed by atoms with Crippen LogP contribution < -0.4 is 56.4 Å².